The van der Waals surface area contributed by atoms with E-state index in [1.807, 2.05) is 0 Å². The van der Waals surface area contributed by atoms with Crippen LogP contribution in [0.25, 0.3) is 0 Å². The lowest BCUT2D eigenvalue weighted by Gasteiger charge is -2.37. The minimum atomic E-state index is -0.825. The van der Waals surface area contributed by atoms with Crippen LogP contribution in [0, 0.1) is 0 Å². The Morgan fingerprint density at radius 2 is 2.00 bits per heavy atom. The van der Waals surface area contributed by atoms with Gasteiger partial charge in [0.25, 0.3) is 0 Å². The molecule has 0 saturated carbocycles. The van der Waals surface area contributed by atoms with E-state index in [-0.39, 0.29) is 0 Å². The molecular formula is C12H23N3O4. The summed E-state index contributed by atoms with van der Waals surface area (Å²) in [6.45, 7) is 3.13. The highest BCUT2D eigenvalue weighted by molar-refractivity contribution is 5.96. The Labute approximate surface area is 113 Å². The average molecular weight is 273 g/mol. The van der Waals surface area contributed by atoms with Gasteiger partial charge in [-0.1, -0.05) is 0 Å². The molecule has 0 bridgehead atoms. The number of imide groups is 1. The minimum Gasteiger partial charge on any atom is -0.388 e. The van der Waals surface area contributed by atoms with Crippen molar-refractivity contribution in [3.63, 3.8) is 0 Å². The van der Waals surface area contributed by atoms with Gasteiger partial charge in [0.1, 0.15) is 0 Å². The molecule has 1 unspecified atom stereocenters. The van der Waals surface area contributed by atoms with Gasteiger partial charge in [-0.05, 0) is 14.0 Å². The van der Waals surface area contributed by atoms with Crippen LogP contribution in [-0.4, -0.2) is 67.4 Å². The third-order valence-electron chi connectivity index (χ3n) is 3.47. The standard InChI is InChI=1S/C12H23N3O4/c1-9(10(16)14-11(17)13-2)15(3)8-12(18)4-6-19-7-5-12/h9,18H,4-8H2,1-3H3,(H2,13,14,16,17). The van der Waals surface area contributed by atoms with Crippen LogP contribution < -0.4 is 10.6 Å². The van der Waals surface area contributed by atoms with Gasteiger partial charge >= 0.3 is 6.03 Å². The maximum Gasteiger partial charge on any atom is 0.321 e. The van der Waals surface area contributed by atoms with E-state index in [1.165, 1.54) is 7.05 Å². The number of carbonyl (C=O) groups is 2. The minimum absolute atomic E-state index is 0.374. The van der Waals surface area contributed by atoms with E-state index in [0.29, 0.717) is 32.6 Å². The summed E-state index contributed by atoms with van der Waals surface area (Å²) < 4.78 is 5.21. The second kappa shape index (κ2) is 6.83. The van der Waals surface area contributed by atoms with Gasteiger partial charge in [0.15, 0.2) is 0 Å². The Kier molecular flexibility index (Phi) is 5.71. The fourth-order valence-corrected chi connectivity index (χ4v) is 1.99. The van der Waals surface area contributed by atoms with E-state index in [0.717, 1.165) is 0 Å². The first kappa shape index (κ1) is 15.9. The topological polar surface area (TPSA) is 90.9 Å². The van der Waals surface area contributed by atoms with Gasteiger partial charge in [0.05, 0.1) is 11.6 Å². The Balaban J connectivity index is 2.49. The summed E-state index contributed by atoms with van der Waals surface area (Å²) in [6, 6.07) is -1.03. The summed E-state index contributed by atoms with van der Waals surface area (Å²) in [5, 5.41) is 14.9. The van der Waals surface area contributed by atoms with Crippen molar-refractivity contribution in [3.05, 3.63) is 0 Å². The lowest BCUT2D eigenvalue weighted by atomic mass is 9.93. The highest BCUT2D eigenvalue weighted by Crippen LogP contribution is 2.21. The molecule has 3 N–H and O–H groups in total. The fourth-order valence-electron chi connectivity index (χ4n) is 1.99. The molecule has 0 radical (unpaired) electrons. The first-order chi connectivity index (χ1) is 8.88. The zero-order valence-electron chi connectivity index (χ0n) is 11.7. The largest absolute Gasteiger partial charge is 0.388 e. The van der Waals surface area contributed by atoms with Crippen LogP contribution in [-0.2, 0) is 9.53 Å². The summed E-state index contributed by atoms with van der Waals surface area (Å²) in [4.78, 5) is 24.6. The smallest absolute Gasteiger partial charge is 0.321 e. The van der Waals surface area contributed by atoms with Crippen LogP contribution >= 0.6 is 0 Å². The number of hydrogen-bond donors (Lipinski definition) is 3. The van der Waals surface area contributed by atoms with Crippen LogP contribution in [0.15, 0.2) is 0 Å². The van der Waals surface area contributed by atoms with Crippen molar-refractivity contribution in [1.82, 2.24) is 15.5 Å². The van der Waals surface area contributed by atoms with Crippen molar-refractivity contribution >= 4 is 11.9 Å². The molecule has 110 valence electrons. The molecule has 1 rings (SSSR count). The first-order valence-corrected chi connectivity index (χ1v) is 6.41. The maximum atomic E-state index is 11.8. The average Bonchev–Trinajstić information content (AvgIpc) is 2.37. The van der Waals surface area contributed by atoms with Crippen LogP contribution in [0.1, 0.15) is 19.8 Å². The molecule has 0 aromatic rings. The maximum absolute atomic E-state index is 11.8. The van der Waals surface area contributed by atoms with Crippen LogP contribution in [0.5, 0.6) is 0 Å². The lowest BCUT2D eigenvalue weighted by molar-refractivity contribution is -0.126. The zero-order valence-corrected chi connectivity index (χ0v) is 11.7. The highest BCUT2D eigenvalue weighted by atomic mass is 16.5. The number of ether oxygens (including phenoxy) is 1. The Morgan fingerprint density at radius 3 is 2.53 bits per heavy atom. The van der Waals surface area contributed by atoms with Crippen LogP contribution in [0.4, 0.5) is 4.79 Å². The molecule has 1 fully saturated rings. The van der Waals surface area contributed by atoms with Crippen molar-refractivity contribution in [1.29, 1.82) is 0 Å². The second-order valence-electron chi connectivity index (χ2n) is 5.00. The van der Waals surface area contributed by atoms with Crippen molar-refractivity contribution < 1.29 is 19.4 Å². The van der Waals surface area contributed by atoms with Crippen LogP contribution in [0.3, 0.4) is 0 Å². The van der Waals surface area contributed by atoms with Gasteiger partial charge in [0, 0.05) is 39.6 Å². The number of rotatable bonds is 4. The third kappa shape index (κ3) is 4.77. The Bertz CT molecular complexity index is 329. The molecule has 7 nitrogen and oxygen atoms in total. The molecule has 1 aliphatic rings. The number of likely N-dealkylation sites (N-methyl/N-ethyl adjacent to an activating group) is 1. The number of carbonyl (C=O) groups excluding carboxylic acids is 2. The van der Waals surface area contributed by atoms with E-state index >= 15 is 0 Å². The molecule has 19 heavy (non-hydrogen) atoms. The van der Waals surface area contributed by atoms with Crippen LogP contribution in [0.2, 0.25) is 0 Å². The number of nitrogens with one attached hydrogen (secondary N) is 2. The summed E-state index contributed by atoms with van der Waals surface area (Å²) in [7, 11) is 3.20. The summed E-state index contributed by atoms with van der Waals surface area (Å²) in [5.74, 6) is -0.391. The molecule has 0 aliphatic carbocycles. The summed E-state index contributed by atoms with van der Waals surface area (Å²) >= 11 is 0. The number of amides is 3. The predicted octanol–water partition coefficient (Wildman–Crippen LogP) is -0.696. The molecule has 1 saturated heterocycles. The van der Waals surface area contributed by atoms with Gasteiger partial charge in [-0.3, -0.25) is 15.0 Å². The van der Waals surface area contributed by atoms with Gasteiger partial charge < -0.3 is 15.2 Å². The molecule has 1 aliphatic heterocycles. The molecule has 0 aromatic heterocycles. The van der Waals surface area contributed by atoms with Crippen molar-refractivity contribution in [2.24, 2.45) is 0 Å². The van der Waals surface area contributed by atoms with E-state index < -0.39 is 23.6 Å². The van der Waals surface area contributed by atoms with Gasteiger partial charge in [-0.2, -0.15) is 0 Å². The monoisotopic (exact) mass is 273 g/mol. The van der Waals surface area contributed by atoms with Gasteiger partial charge in [-0.15, -0.1) is 0 Å². The quantitative estimate of drug-likeness (QED) is 0.630. The number of aliphatic hydroxyl groups is 1. The van der Waals surface area contributed by atoms with E-state index in [9.17, 15) is 14.7 Å². The number of nitrogens with zero attached hydrogens (tertiary/aromatic N) is 1. The summed E-state index contributed by atoms with van der Waals surface area (Å²) in [5.41, 5.74) is -0.825. The number of urea groups is 1. The molecule has 1 heterocycles. The van der Waals surface area contributed by atoms with E-state index in [1.54, 1.807) is 18.9 Å². The molecule has 3 amide bonds. The van der Waals surface area contributed by atoms with Crippen molar-refractivity contribution in [2.45, 2.75) is 31.4 Å². The molecule has 7 heteroatoms. The molecule has 0 spiro atoms. The SMILES string of the molecule is CNC(=O)NC(=O)C(C)N(C)CC1(O)CCOCC1. The predicted molar refractivity (Wildman–Crippen MR) is 69.7 cm³/mol. The van der Waals surface area contributed by atoms with Gasteiger partial charge in [-0.25, -0.2) is 4.79 Å². The first-order valence-electron chi connectivity index (χ1n) is 6.41. The van der Waals surface area contributed by atoms with E-state index in [4.69, 9.17) is 4.74 Å². The molecular weight excluding hydrogens is 250 g/mol. The lowest BCUT2D eigenvalue weighted by Crippen LogP contribution is -2.53. The van der Waals surface area contributed by atoms with E-state index in [2.05, 4.69) is 10.6 Å². The Morgan fingerprint density at radius 1 is 1.42 bits per heavy atom. The molecule has 0 aromatic carbocycles. The van der Waals surface area contributed by atoms with Crippen molar-refractivity contribution in [3.8, 4) is 0 Å². The zero-order chi connectivity index (χ0) is 14.5. The number of hydrogen-bond acceptors (Lipinski definition) is 5. The highest BCUT2D eigenvalue weighted by Gasteiger charge is 2.33. The molecule has 1 atom stereocenters. The van der Waals surface area contributed by atoms with Gasteiger partial charge in [0.2, 0.25) is 5.91 Å². The fraction of sp³-hybridized carbons (Fsp3) is 0.833. The second-order valence-corrected chi connectivity index (χ2v) is 5.00. The third-order valence-corrected chi connectivity index (χ3v) is 3.47. The Hall–Kier alpha value is -1.18. The normalized spacial score (nSPS) is 19.8. The summed E-state index contributed by atoms with van der Waals surface area (Å²) in [6.07, 6.45) is 1.11. The van der Waals surface area contributed by atoms with Crippen molar-refractivity contribution in [2.75, 3.05) is 33.9 Å².